The number of nitrogens with zero attached hydrogens (tertiary/aromatic N) is 2. The first-order chi connectivity index (χ1) is 12.5. The number of ether oxygens (including phenoxy) is 1. The number of rotatable bonds is 4. The first-order valence-corrected chi connectivity index (χ1v) is 10.8. The molecule has 2 heterocycles. The number of thioether (sulfide) groups is 1. The molecule has 0 aromatic heterocycles. The van der Waals surface area contributed by atoms with Crippen LogP contribution in [0.1, 0.15) is 39.2 Å². The number of guanidine groups is 1. The van der Waals surface area contributed by atoms with E-state index in [2.05, 4.69) is 73.1 Å². The lowest BCUT2D eigenvalue weighted by Crippen LogP contribution is -2.51. The van der Waals surface area contributed by atoms with Crippen LogP contribution in [0.2, 0.25) is 0 Å². The molecule has 2 saturated heterocycles. The molecule has 0 radical (unpaired) electrons. The van der Waals surface area contributed by atoms with Crippen molar-refractivity contribution in [3.8, 4) is 0 Å². The third-order valence-corrected chi connectivity index (χ3v) is 6.72. The van der Waals surface area contributed by atoms with E-state index in [1.165, 1.54) is 5.56 Å². The molecule has 0 bridgehead atoms. The zero-order valence-electron chi connectivity index (χ0n) is 16.5. The highest BCUT2D eigenvalue weighted by atomic mass is 32.2. The van der Waals surface area contributed by atoms with Crippen LogP contribution in [0.3, 0.4) is 0 Å². The Bertz CT molecular complexity index is 597. The number of benzene rings is 1. The van der Waals surface area contributed by atoms with Crippen LogP contribution < -0.4 is 5.32 Å². The van der Waals surface area contributed by atoms with Gasteiger partial charge in [0.15, 0.2) is 5.96 Å². The standard InChI is InChI=1S/C21H33N3OS/c1-4-22-19(24-12-15-26-20(2,3)17-24)23-16-21(10-13-25-14-11-21)18-8-6-5-7-9-18/h5-9H,4,10-17H2,1-3H3,(H,22,23). The molecule has 0 amide bonds. The van der Waals surface area contributed by atoms with Crippen LogP contribution in [-0.4, -0.2) is 60.8 Å². The molecule has 2 aliphatic heterocycles. The van der Waals surface area contributed by atoms with E-state index in [-0.39, 0.29) is 10.2 Å². The van der Waals surface area contributed by atoms with Gasteiger partial charge in [-0.2, -0.15) is 11.8 Å². The summed E-state index contributed by atoms with van der Waals surface area (Å²) in [5, 5.41) is 3.53. The number of aliphatic imine (C=N–C) groups is 1. The van der Waals surface area contributed by atoms with Gasteiger partial charge in [0.2, 0.25) is 0 Å². The van der Waals surface area contributed by atoms with E-state index in [0.29, 0.717) is 0 Å². The fourth-order valence-electron chi connectivity index (χ4n) is 3.94. The molecule has 2 fully saturated rings. The molecule has 5 heteroatoms. The molecule has 2 aliphatic rings. The maximum atomic E-state index is 5.67. The van der Waals surface area contributed by atoms with Gasteiger partial charge < -0.3 is 15.0 Å². The molecule has 0 atom stereocenters. The summed E-state index contributed by atoms with van der Waals surface area (Å²) in [5.74, 6) is 2.23. The zero-order chi connectivity index (χ0) is 18.5. The summed E-state index contributed by atoms with van der Waals surface area (Å²) in [5.41, 5.74) is 1.50. The van der Waals surface area contributed by atoms with Gasteiger partial charge in [0.1, 0.15) is 0 Å². The van der Waals surface area contributed by atoms with Gasteiger partial charge in [-0.25, -0.2) is 0 Å². The number of hydrogen-bond donors (Lipinski definition) is 1. The van der Waals surface area contributed by atoms with E-state index in [4.69, 9.17) is 9.73 Å². The van der Waals surface area contributed by atoms with Crippen LogP contribution in [0.25, 0.3) is 0 Å². The predicted octanol–water partition coefficient (Wildman–Crippen LogP) is 3.53. The molecule has 0 aliphatic carbocycles. The first kappa shape index (κ1) is 19.6. The van der Waals surface area contributed by atoms with Crippen LogP contribution in [0.4, 0.5) is 0 Å². The highest BCUT2D eigenvalue weighted by molar-refractivity contribution is 8.00. The molecular weight excluding hydrogens is 342 g/mol. The largest absolute Gasteiger partial charge is 0.381 e. The van der Waals surface area contributed by atoms with E-state index >= 15 is 0 Å². The van der Waals surface area contributed by atoms with Crippen molar-refractivity contribution in [3.63, 3.8) is 0 Å². The average molecular weight is 376 g/mol. The molecule has 1 N–H and O–H groups in total. The van der Waals surface area contributed by atoms with Gasteiger partial charge in [0, 0.05) is 48.8 Å². The molecule has 4 nitrogen and oxygen atoms in total. The van der Waals surface area contributed by atoms with Crippen molar-refractivity contribution in [1.82, 2.24) is 10.2 Å². The normalized spacial score (nSPS) is 22.9. The zero-order valence-corrected chi connectivity index (χ0v) is 17.3. The second-order valence-corrected chi connectivity index (χ2v) is 9.76. The maximum absolute atomic E-state index is 5.67. The summed E-state index contributed by atoms with van der Waals surface area (Å²) in [6.45, 7) is 12.3. The van der Waals surface area contributed by atoms with Gasteiger partial charge in [0.05, 0.1) is 6.54 Å². The molecule has 1 aromatic rings. The SMILES string of the molecule is CCNC(=NCC1(c2ccccc2)CCOCC1)N1CCSC(C)(C)C1. The van der Waals surface area contributed by atoms with Gasteiger partial charge in [-0.3, -0.25) is 4.99 Å². The van der Waals surface area contributed by atoms with Crippen molar-refractivity contribution in [2.45, 2.75) is 43.8 Å². The van der Waals surface area contributed by atoms with Gasteiger partial charge in [0.25, 0.3) is 0 Å². The van der Waals surface area contributed by atoms with Crippen molar-refractivity contribution >= 4 is 17.7 Å². The highest BCUT2D eigenvalue weighted by Crippen LogP contribution is 2.35. The van der Waals surface area contributed by atoms with E-state index in [1.54, 1.807) is 0 Å². The molecule has 1 aromatic carbocycles. The van der Waals surface area contributed by atoms with Crippen LogP contribution in [0.5, 0.6) is 0 Å². The molecule has 26 heavy (non-hydrogen) atoms. The van der Waals surface area contributed by atoms with Crippen LogP contribution in [0.15, 0.2) is 35.3 Å². The van der Waals surface area contributed by atoms with Gasteiger partial charge in [-0.05, 0) is 39.2 Å². The van der Waals surface area contributed by atoms with Crippen LogP contribution in [-0.2, 0) is 10.2 Å². The molecule has 0 spiro atoms. The highest BCUT2D eigenvalue weighted by Gasteiger charge is 2.35. The molecule has 3 rings (SSSR count). The van der Waals surface area contributed by atoms with Crippen molar-refractivity contribution in [3.05, 3.63) is 35.9 Å². The Kier molecular flexibility index (Phi) is 6.51. The first-order valence-electron chi connectivity index (χ1n) is 9.85. The Morgan fingerprint density at radius 3 is 2.62 bits per heavy atom. The summed E-state index contributed by atoms with van der Waals surface area (Å²) in [7, 11) is 0. The Morgan fingerprint density at radius 2 is 1.96 bits per heavy atom. The smallest absolute Gasteiger partial charge is 0.194 e. The molecule has 144 valence electrons. The topological polar surface area (TPSA) is 36.9 Å². The lowest BCUT2D eigenvalue weighted by atomic mass is 9.74. The molecular formula is C21H33N3OS. The van der Waals surface area contributed by atoms with Crippen molar-refractivity contribution < 1.29 is 4.74 Å². The second kappa shape index (κ2) is 8.66. The van der Waals surface area contributed by atoms with Crippen molar-refractivity contribution in [2.24, 2.45) is 4.99 Å². The quantitative estimate of drug-likeness (QED) is 0.645. The monoisotopic (exact) mass is 375 g/mol. The summed E-state index contributed by atoms with van der Waals surface area (Å²) in [6.07, 6.45) is 2.09. The minimum Gasteiger partial charge on any atom is -0.381 e. The summed E-state index contributed by atoms with van der Waals surface area (Å²) in [4.78, 5) is 7.58. The molecule has 0 saturated carbocycles. The summed E-state index contributed by atoms with van der Waals surface area (Å²) >= 11 is 2.06. The fraction of sp³-hybridized carbons (Fsp3) is 0.667. The lowest BCUT2D eigenvalue weighted by Gasteiger charge is -2.40. The second-order valence-electron chi connectivity index (χ2n) is 7.96. The molecule has 0 unspecified atom stereocenters. The van der Waals surface area contributed by atoms with E-state index in [0.717, 1.165) is 63.9 Å². The summed E-state index contributed by atoms with van der Waals surface area (Å²) in [6, 6.07) is 10.9. The van der Waals surface area contributed by atoms with Crippen LogP contribution in [0, 0.1) is 0 Å². The Labute approximate surface area is 162 Å². The lowest BCUT2D eigenvalue weighted by molar-refractivity contribution is 0.0530. The predicted molar refractivity (Wildman–Crippen MR) is 112 cm³/mol. The van der Waals surface area contributed by atoms with E-state index in [9.17, 15) is 0 Å². The average Bonchev–Trinajstić information content (AvgIpc) is 2.66. The van der Waals surface area contributed by atoms with Crippen LogP contribution >= 0.6 is 11.8 Å². The Hall–Kier alpha value is -1.20. The van der Waals surface area contributed by atoms with Gasteiger partial charge in [-0.1, -0.05) is 30.3 Å². The Balaban J connectivity index is 1.82. The summed E-state index contributed by atoms with van der Waals surface area (Å²) < 4.78 is 5.95. The number of nitrogens with one attached hydrogen (secondary N) is 1. The third kappa shape index (κ3) is 4.74. The van der Waals surface area contributed by atoms with Crippen molar-refractivity contribution in [2.75, 3.05) is 45.1 Å². The minimum atomic E-state index is 0.0975. The van der Waals surface area contributed by atoms with E-state index in [1.807, 2.05) is 0 Å². The van der Waals surface area contributed by atoms with Gasteiger partial charge >= 0.3 is 0 Å². The van der Waals surface area contributed by atoms with Crippen molar-refractivity contribution in [1.29, 1.82) is 0 Å². The number of hydrogen-bond acceptors (Lipinski definition) is 3. The maximum Gasteiger partial charge on any atom is 0.194 e. The Morgan fingerprint density at radius 1 is 1.23 bits per heavy atom. The third-order valence-electron chi connectivity index (χ3n) is 5.43. The van der Waals surface area contributed by atoms with E-state index < -0.39 is 0 Å². The fourth-order valence-corrected chi connectivity index (χ4v) is 5.05. The minimum absolute atomic E-state index is 0.0975. The van der Waals surface area contributed by atoms with Gasteiger partial charge in [-0.15, -0.1) is 0 Å².